The molecule has 16 heavy (non-hydrogen) atoms. The van der Waals surface area contributed by atoms with Crippen LogP contribution < -0.4 is 0 Å². The lowest BCUT2D eigenvalue weighted by Gasteiger charge is -2.40. The van der Waals surface area contributed by atoms with E-state index in [0.29, 0.717) is 5.76 Å². The summed E-state index contributed by atoms with van der Waals surface area (Å²) >= 11 is 0. The van der Waals surface area contributed by atoms with Crippen molar-refractivity contribution < 1.29 is 9.53 Å². The Morgan fingerprint density at radius 3 is 2.56 bits per heavy atom. The van der Waals surface area contributed by atoms with E-state index in [9.17, 15) is 4.79 Å². The van der Waals surface area contributed by atoms with E-state index in [-0.39, 0.29) is 17.4 Å². The summed E-state index contributed by atoms with van der Waals surface area (Å²) < 4.78 is 5.09. The van der Waals surface area contributed by atoms with Crippen molar-refractivity contribution in [3.63, 3.8) is 0 Å². The van der Waals surface area contributed by atoms with Crippen molar-refractivity contribution in [2.75, 3.05) is 13.1 Å². The maximum Gasteiger partial charge on any atom is 0.315 e. The Morgan fingerprint density at radius 1 is 1.44 bits per heavy atom. The topological polar surface area (TPSA) is 29.5 Å². The molecule has 1 unspecified atom stereocenters. The number of nitrogens with zero attached hydrogens (tertiary/aromatic N) is 1. The summed E-state index contributed by atoms with van der Waals surface area (Å²) in [4.78, 5) is 14.1. The van der Waals surface area contributed by atoms with Gasteiger partial charge in [-0.3, -0.25) is 9.69 Å². The van der Waals surface area contributed by atoms with Gasteiger partial charge in [-0.05, 0) is 47.1 Å². The van der Waals surface area contributed by atoms with Crippen molar-refractivity contribution in [1.29, 1.82) is 0 Å². The molecular formula is C13H23NO2. The van der Waals surface area contributed by atoms with Crippen LogP contribution in [0.4, 0.5) is 0 Å². The highest BCUT2D eigenvalue weighted by atomic mass is 16.5. The predicted octanol–water partition coefficient (Wildman–Crippen LogP) is 2.57. The number of carbonyl (C=O) groups excluding carboxylic acids is 1. The van der Waals surface area contributed by atoms with Crippen LogP contribution in [0.15, 0.2) is 12.3 Å². The van der Waals surface area contributed by atoms with Gasteiger partial charge in [0.25, 0.3) is 0 Å². The molecule has 0 aliphatic carbocycles. The second kappa shape index (κ2) is 5.00. The zero-order valence-electron chi connectivity index (χ0n) is 10.9. The van der Waals surface area contributed by atoms with Crippen LogP contribution in [-0.4, -0.2) is 29.5 Å². The lowest BCUT2D eigenvalue weighted by molar-refractivity contribution is -0.146. The minimum Gasteiger partial charge on any atom is -0.432 e. The van der Waals surface area contributed by atoms with Crippen LogP contribution in [0.5, 0.6) is 0 Å². The molecule has 0 aromatic heterocycles. The summed E-state index contributed by atoms with van der Waals surface area (Å²) in [5.74, 6) is 0.365. The first kappa shape index (κ1) is 13.2. The molecule has 1 fully saturated rings. The molecule has 3 nitrogen and oxygen atoms in total. The SMILES string of the molecule is C=C(C)OC(=O)C1CCCN(C(C)(C)C)C1. The molecule has 1 saturated heterocycles. The second-order valence-electron chi connectivity index (χ2n) is 5.58. The van der Waals surface area contributed by atoms with E-state index < -0.39 is 0 Å². The molecule has 0 bridgehead atoms. The third kappa shape index (κ3) is 3.63. The van der Waals surface area contributed by atoms with E-state index in [4.69, 9.17) is 4.74 Å². The third-order valence-electron chi connectivity index (χ3n) is 2.98. The number of esters is 1. The molecule has 3 heteroatoms. The van der Waals surface area contributed by atoms with Gasteiger partial charge < -0.3 is 4.74 Å². The average Bonchev–Trinajstić information content (AvgIpc) is 2.15. The Kier molecular flexibility index (Phi) is 4.14. The molecule has 0 amide bonds. The Hall–Kier alpha value is -0.830. The number of piperidine rings is 1. The molecule has 1 atom stereocenters. The molecule has 0 radical (unpaired) electrons. The molecule has 0 N–H and O–H groups in total. The minimum absolute atomic E-state index is 0.00433. The first-order valence-electron chi connectivity index (χ1n) is 5.93. The fraction of sp³-hybridized carbons (Fsp3) is 0.769. The van der Waals surface area contributed by atoms with Crippen LogP contribution in [0.25, 0.3) is 0 Å². The number of rotatable bonds is 2. The van der Waals surface area contributed by atoms with Gasteiger partial charge in [0.15, 0.2) is 0 Å². The third-order valence-corrected chi connectivity index (χ3v) is 2.98. The normalized spacial score (nSPS) is 22.9. The maximum atomic E-state index is 11.8. The van der Waals surface area contributed by atoms with Crippen LogP contribution in [0.2, 0.25) is 0 Å². The number of allylic oxidation sites excluding steroid dienone is 1. The summed E-state index contributed by atoms with van der Waals surface area (Å²) in [6.07, 6.45) is 1.99. The molecule has 1 rings (SSSR count). The zero-order chi connectivity index (χ0) is 12.3. The van der Waals surface area contributed by atoms with E-state index in [1.54, 1.807) is 6.92 Å². The number of carbonyl (C=O) groups is 1. The van der Waals surface area contributed by atoms with E-state index in [1.807, 2.05) is 0 Å². The summed E-state index contributed by atoms with van der Waals surface area (Å²) in [6.45, 7) is 13.7. The fourth-order valence-electron chi connectivity index (χ4n) is 2.03. The largest absolute Gasteiger partial charge is 0.432 e. The highest BCUT2D eigenvalue weighted by molar-refractivity contribution is 5.73. The monoisotopic (exact) mass is 225 g/mol. The molecule has 1 heterocycles. The smallest absolute Gasteiger partial charge is 0.315 e. The van der Waals surface area contributed by atoms with Gasteiger partial charge in [-0.1, -0.05) is 6.58 Å². The van der Waals surface area contributed by atoms with Gasteiger partial charge in [0, 0.05) is 12.1 Å². The standard InChI is InChI=1S/C13H23NO2/c1-10(2)16-12(15)11-7-6-8-14(9-11)13(3,4)5/h11H,1,6-9H2,2-5H3. The number of hydrogen-bond donors (Lipinski definition) is 0. The van der Waals surface area contributed by atoms with Crippen molar-refractivity contribution >= 4 is 5.97 Å². The van der Waals surface area contributed by atoms with Gasteiger partial charge in [0.05, 0.1) is 11.7 Å². The van der Waals surface area contributed by atoms with Crippen LogP contribution in [0.1, 0.15) is 40.5 Å². The lowest BCUT2D eigenvalue weighted by Crippen LogP contribution is -2.48. The number of likely N-dealkylation sites (tertiary alicyclic amines) is 1. The van der Waals surface area contributed by atoms with E-state index in [1.165, 1.54) is 0 Å². The first-order valence-corrected chi connectivity index (χ1v) is 5.93. The van der Waals surface area contributed by atoms with Crippen molar-refractivity contribution in [2.45, 2.75) is 46.1 Å². The van der Waals surface area contributed by atoms with E-state index in [0.717, 1.165) is 25.9 Å². The molecule has 1 aliphatic heterocycles. The molecule has 92 valence electrons. The quantitative estimate of drug-likeness (QED) is 0.534. The molecule has 0 aromatic rings. The van der Waals surface area contributed by atoms with Crippen molar-refractivity contribution in [1.82, 2.24) is 4.90 Å². The van der Waals surface area contributed by atoms with Crippen LogP contribution in [-0.2, 0) is 9.53 Å². The highest BCUT2D eigenvalue weighted by Crippen LogP contribution is 2.24. The van der Waals surface area contributed by atoms with Crippen molar-refractivity contribution in [2.24, 2.45) is 5.92 Å². The van der Waals surface area contributed by atoms with Gasteiger partial charge in [-0.25, -0.2) is 0 Å². The summed E-state index contributed by atoms with van der Waals surface area (Å²) in [5.41, 5.74) is 0.127. The Bertz CT molecular complexity index is 278. The predicted molar refractivity (Wildman–Crippen MR) is 65.0 cm³/mol. The maximum absolute atomic E-state index is 11.8. The summed E-state index contributed by atoms with van der Waals surface area (Å²) in [6, 6.07) is 0. The Labute approximate surface area is 98.5 Å². The second-order valence-corrected chi connectivity index (χ2v) is 5.58. The van der Waals surface area contributed by atoms with Gasteiger partial charge >= 0.3 is 5.97 Å². The Morgan fingerprint density at radius 2 is 2.06 bits per heavy atom. The zero-order valence-corrected chi connectivity index (χ0v) is 10.9. The van der Waals surface area contributed by atoms with Crippen LogP contribution in [0.3, 0.4) is 0 Å². The van der Waals surface area contributed by atoms with Crippen LogP contribution in [0, 0.1) is 5.92 Å². The number of hydrogen-bond acceptors (Lipinski definition) is 3. The van der Waals surface area contributed by atoms with Crippen molar-refractivity contribution in [3.05, 3.63) is 12.3 Å². The number of ether oxygens (including phenoxy) is 1. The lowest BCUT2D eigenvalue weighted by atomic mass is 9.93. The molecule has 0 spiro atoms. The van der Waals surface area contributed by atoms with Crippen LogP contribution >= 0.6 is 0 Å². The van der Waals surface area contributed by atoms with Gasteiger partial charge in [-0.2, -0.15) is 0 Å². The average molecular weight is 225 g/mol. The molecular weight excluding hydrogens is 202 g/mol. The summed E-state index contributed by atoms with van der Waals surface area (Å²) in [7, 11) is 0. The van der Waals surface area contributed by atoms with E-state index in [2.05, 4.69) is 32.3 Å². The first-order chi connectivity index (χ1) is 7.30. The molecule has 1 aliphatic rings. The fourth-order valence-corrected chi connectivity index (χ4v) is 2.03. The highest BCUT2D eigenvalue weighted by Gasteiger charge is 2.32. The van der Waals surface area contributed by atoms with Gasteiger partial charge in [0.2, 0.25) is 0 Å². The molecule has 0 saturated carbocycles. The van der Waals surface area contributed by atoms with Gasteiger partial charge in [-0.15, -0.1) is 0 Å². The summed E-state index contributed by atoms with van der Waals surface area (Å²) in [5, 5.41) is 0. The van der Waals surface area contributed by atoms with Crippen molar-refractivity contribution in [3.8, 4) is 0 Å². The van der Waals surface area contributed by atoms with Gasteiger partial charge in [0.1, 0.15) is 0 Å². The molecule has 0 aromatic carbocycles. The minimum atomic E-state index is -0.124. The van der Waals surface area contributed by atoms with E-state index >= 15 is 0 Å². The Balaban J connectivity index is 2.57.